The number of benzene rings is 2. The fourth-order valence-electron chi connectivity index (χ4n) is 1.51. The second-order valence-electron chi connectivity index (χ2n) is 3.91. The lowest BCUT2D eigenvalue weighted by Gasteiger charge is -2.05. The molecule has 4 heteroatoms. The van der Waals surface area contributed by atoms with Gasteiger partial charge >= 0.3 is 5.97 Å². The summed E-state index contributed by atoms with van der Waals surface area (Å²) in [5.41, 5.74) is 2.12. The van der Waals surface area contributed by atoms with Crippen LogP contribution < -0.4 is 4.74 Å². The fraction of sp³-hybridized carbons (Fsp3) is 0.0667. The van der Waals surface area contributed by atoms with E-state index in [1.165, 1.54) is 0 Å². The molecule has 96 valence electrons. The van der Waals surface area contributed by atoms with Gasteiger partial charge in [0.05, 0.1) is 5.56 Å². The highest BCUT2D eigenvalue weighted by atomic mass is 79.9. The molecule has 0 radical (unpaired) electrons. The van der Waals surface area contributed by atoms with Gasteiger partial charge in [0.1, 0.15) is 12.0 Å². The summed E-state index contributed by atoms with van der Waals surface area (Å²) in [6.07, 6.45) is 0.741. The van der Waals surface area contributed by atoms with Crippen molar-refractivity contribution in [3.05, 3.63) is 65.2 Å². The van der Waals surface area contributed by atoms with Gasteiger partial charge in [0.15, 0.2) is 0 Å². The minimum atomic E-state index is -0.417. The van der Waals surface area contributed by atoms with Crippen LogP contribution in [0.1, 0.15) is 26.3 Å². The van der Waals surface area contributed by atoms with E-state index in [1.54, 1.807) is 36.4 Å². The highest BCUT2D eigenvalue weighted by Gasteiger charge is 2.08. The minimum absolute atomic E-state index is 0.417. The molecule has 0 unspecified atom stereocenters. The first kappa shape index (κ1) is 13.5. The summed E-state index contributed by atoms with van der Waals surface area (Å²) < 4.78 is 5.21. The van der Waals surface area contributed by atoms with Gasteiger partial charge in [0.2, 0.25) is 0 Å². The molecule has 2 rings (SSSR count). The summed E-state index contributed by atoms with van der Waals surface area (Å²) in [4.78, 5) is 22.4. The predicted octanol–water partition coefficient (Wildman–Crippen LogP) is 3.61. The largest absolute Gasteiger partial charge is 0.423 e. The first-order valence-corrected chi connectivity index (χ1v) is 6.77. The third-order valence-corrected chi connectivity index (χ3v) is 3.22. The number of ether oxygens (including phenoxy) is 1. The van der Waals surface area contributed by atoms with Crippen molar-refractivity contribution in [1.29, 1.82) is 0 Å². The second-order valence-corrected chi connectivity index (χ2v) is 4.47. The van der Waals surface area contributed by atoms with E-state index in [0.717, 1.165) is 17.2 Å². The van der Waals surface area contributed by atoms with Crippen molar-refractivity contribution in [1.82, 2.24) is 0 Å². The third kappa shape index (κ3) is 3.51. The topological polar surface area (TPSA) is 43.4 Å². The molecule has 0 aromatic heterocycles. The smallest absolute Gasteiger partial charge is 0.343 e. The van der Waals surface area contributed by atoms with Crippen LogP contribution in [0.2, 0.25) is 0 Å². The molecule has 0 heterocycles. The summed E-state index contributed by atoms with van der Waals surface area (Å²) in [5.74, 6) is 0.000133. The van der Waals surface area contributed by atoms with Crippen LogP contribution in [-0.4, -0.2) is 12.3 Å². The molecule has 0 amide bonds. The molecular formula is C15H11BrO3. The lowest BCUT2D eigenvalue weighted by Crippen LogP contribution is -2.08. The average molecular weight is 319 g/mol. The Balaban J connectivity index is 2.08. The van der Waals surface area contributed by atoms with Gasteiger partial charge in [-0.3, -0.25) is 4.79 Å². The van der Waals surface area contributed by atoms with E-state index in [-0.39, 0.29) is 0 Å². The first-order valence-electron chi connectivity index (χ1n) is 5.65. The molecule has 19 heavy (non-hydrogen) atoms. The standard InChI is InChI=1S/C15H11BrO3/c16-9-11-1-5-13(6-2-11)15(18)19-14-7-3-12(10-17)4-8-14/h1-8,10H,9H2. The van der Waals surface area contributed by atoms with Crippen LogP contribution in [0.5, 0.6) is 5.75 Å². The summed E-state index contributed by atoms with van der Waals surface area (Å²) in [6, 6.07) is 13.6. The minimum Gasteiger partial charge on any atom is -0.423 e. The Kier molecular flexibility index (Phi) is 4.47. The highest BCUT2D eigenvalue weighted by molar-refractivity contribution is 9.08. The van der Waals surface area contributed by atoms with Gasteiger partial charge in [-0.15, -0.1) is 0 Å². The molecule has 0 aliphatic rings. The zero-order valence-electron chi connectivity index (χ0n) is 10.0. The van der Waals surface area contributed by atoms with E-state index >= 15 is 0 Å². The van der Waals surface area contributed by atoms with Gasteiger partial charge in [-0.1, -0.05) is 28.1 Å². The predicted molar refractivity (Wildman–Crippen MR) is 75.9 cm³/mol. The molecule has 0 spiro atoms. The van der Waals surface area contributed by atoms with Gasteiger partial charge in [-0.2, -0.15) is 0 Å². The zero-order valence-corrected chi connectivity index (χ0v) is 11.6. The molecule has 0 bridgehead atoms. The van der Waals surface area contributed by atoms with E-state index in [1.807, 2.05) is 12.1 Å². The Bertz CT molecular complexity index is 573. The van der Waals surface area contributed by atoms with Crippen molar-refractivity contribution in [3.63, 3.8) is 0 Å². The molecule has 3 nitrogen and oxygen atoms in total. The summed E-state index contributed by atoms with van der Waals surface area (Å²) in [5, 5.41) is 0.746. The maximum absolute atomic E-state index is 11.9. The van der Waals surface area contributed by atoms with E-state index in [9.17, 15) is 9.59 Å². The Labute approximate surface area is 119 Å². The molecule has 2 aromatic rings. The normalized spacial score (nSPS) is 9.95. The van der Waals surface area contributed by atoms with Crippen molar-refractivity contribution in [2.75, 3.05) is 0 Å². The van der Waals surface area contributed by atoms with Crippen LogP contribution in [0, 0.1) is 0 Å². The van der Waals surface area contributed by atoms with E-state index in [2.05, 4.69) is 15.9 Å². The number of esters is 1. The van der Waals surface area contributed by atoms with Gasteiger partial charge in [0.25, 0.3) is 0 Å². The summed E-state index contributed by atoms with van der Waals surface area (Å²) in [6.45, 7) is 0. The fourth-order valence-corrected chi connectivity index (χ4v) is 1.88. The van der Waals surface area contributed by atoms with Crippen molar-refractivity contribution >= 4 is 28.2 Å². The van der Waals surface area contributed by atoms with Crippen LogP contribution >= 0.6 is 15.9 Å². The van der Waals surface area contributed by atoms with Crippen molar-refractivity contribution in [2.24, 2.45) is 0 Å². The summed E-state index contributed by atoms with van der Waals surface area (Å²) >= 11 is 3.34. The van der Waals surface area contributed by atoms with Gasteiger partial charge in [-0.25, -0.2) is 4.79 Å². The third-order valence-electron chi connectivity index (χ3n) is 2.57. The number of alkyl halides is 1. The number of rotatable bonds is 4. The average Bonchev–Trinajstić information content (AvgIpc) is 2.48. The van der Waals surface area contributed by atoms with Gasteiger partial charge < -0.3 is 4.74 Å². The lowest BCUT2D eigenvalue weighted by molar-refractivity contribution is 0.0734. The molecule has 2 aromatic carbocycles. The molecule has 0 fully saturated rings. The van der Waals surface area contributed by atoms with Crippen LogP contribution in [-0.2, 0) is 5.33 Å². The Hall–Kier alpha value is -1.94. The van der Waals surface area contributed by atoms with Crippen LogP contribution in [0.3, 0.4) is 0 Å². The maximum atomic E-state index is 11.9. The van der Waals surface area contributed by atoms with E-state index in [4.69, 9.17) is 4.74 Å². The number of hydrogen-bond donors (Lipinski definition) is 0. The van der Waals surface area contributed by atoms with E-state index in [0.29, 0.717) is 16.9 Å². The van der Waals surface area contributed by atoms with Crippen LogP contribution in [0.15, 0.2) is 48.5 Å². The first-order chi connectivity index (χ1) is 9.22. The number of carbonyl (C=O) groups excluding carboxylic acids is 2. The maximum Gasteiger partial charge on any atom is 0.343 e. The Morgan fingerprint density at radius 3 is 2.21 bits per heavy atom. The number of hydrogen-bond acceptors (Lipinski definition) is 3. The summed E-state index contributed by atoms with van der Waals surface area (Å²) in [7, 11) is 0. The van der Waals surface area contributed by atoms with Gasteiger partial charge in [0, 0.05) is 10.9 Å². The molecule has 0 N–H and O–H groups in total. The molecule has 0 saturated carbocycles. The van der Waals surface area contributed by atoms with Gasteiger partial charge in [-0.05, 0) is 42.0 Å². The molecule has 0 aliphatic heterocycles. The second kappa shape index (κ2) is 6.29. The monoisotopic (exact) mass is 318 g/mol. The molecule has 0 saturated heterocycles. The SMILES string of the molecule is O=Cc1ccc(OC(=O)c2ccc(CBr)cc2)cc1. The molecule has 0 atom stereocenters. The highest BCUT2D eigenvalue weighted by Crippen LogP contribution is 2.14. The van der Waals surface area contributed by atoms with Crippen molar-refractivity contribution < 1.29 is 14.3 Å². The van der Waals surface area contributed by atoms with Crippen LogP contribution in [0.25, 0.3) is 0 Å². The van der Waals surface area contributed by atoms with Crippen molar-refractivity contribution in [2.45, 2.75) is 5.33 Å². The number of aldehydes is 1. The number of halogens is 1. The number of carbonyl (C=O) groups is 2. The van der Waals surface area contributed by atoms with Crippen LogP contribution in [0.4, 0.5) is 0 Å². The molecular weight excluding hydrogens is 308 g/mol. The Morgan fingerprint density at radius 1 is 1.05 bits per heavy atom. The van der Waals surface area contributed by atoms with E-state index < -0.39 is 5.97 Å². The molecule has 0 aliphatic carbocycles. The quantitative estimate of drug-likeness (QED) is 0.374. The Morgan fingerprint density at radius 2 is 1.68 bits per heavy atom. The zero-order chi connectivity index (χ0) is 13.7. The van der Waals surface area contributed by atoms with Crippen molar-refractivity contribution in [3.8, 4) is 5.75 Å². The lowest BCUT2D eigenvalue weighted by atomic mass is 10.1.